The third kappa shape index (κ3) is 3.44. The minimum Gasteiger partial charge on any atom is -0.507 e. The minimum absolute atomic E-state index is 0.112. The summed E-state index contributed by atoms with van der Waals surface area (Å²) in [5, 5.41) is 21.9. The molecule has 0 radical (unpaired) electrons. The summed E-state index contributed by atoms with van der Waals surface area (Å²) in [6.07, 6.45) is 3.59. The Hall–Kier alpha value is -1.62. The first kappa shape index (κ1) is 13.8. The van der Waals surface area contributed by atoms with E-state index in [1.165, 1.54) is 0 Å². The van der Waals surface area contributed by atoms with Crippen molar-refractivity contribution in [1.82, 2.24) is 5.32 Å². The van der Waals surface area contributed by atoms with Crippen LogP contribution >= 0.6 is 0 Å². The second-order valence-electron chi connectivity index (χ2n) is 4.98. The lowest BCUT2D eigenvalue weighted by Crippen LogP contribution is -2.35. The molecule has 1 atom stereocenters. The number of aliphatic hydroxyl groups is 1. The van der Waals surface area contributed by atoms with Gasteiger partial charge in [0, 0.05) is 6.54 Å². The number of aromatic hydroxyl groups is 1. The highest BCUT2D eigenvalue weighted by Crippen LogP contribution is 2.27. The lowest BCUT2D eigenvalue weighted by Gasteiger charge is -2.18. The number of benzene rings is 1. The molecule has 1 aliphatic rings. The summed E-state index contributed by atoms with van der Waals surface area (Å²) in [6, 6.07) is 3.20. The molecule has 0 saturated heterocycles. The van der Waals surface area contributed by atoms with E-state index in [4.69, 9.17) is 0 Å². The summed E-state index contributed by atoms with van der Waals surface area (Å²) in [5.41, 5.74) is -0.112. The average molecular weight is 267 g/mol. The number of carbonyl (C=O) groups is 1. The van der Waals surface area contributed by atoms with Gasteiger partial charge in [0.1, 0.15) is 11.6 Å². The van der Waals surface area contributed by atoms with E-state index in [0.717, 1.165) is 43.9 Å². The first-order valence-electron chi connectivity index (χ1n) is 6.52. The van der Waals surface area contributed by atoms with E-state index in [2.05, 4.69) is 5.32 Å². The number of hydrogen-bond donors (Lipinski definition) is 3. The van der Waals surface area contributed by atoms with Crippen LogP contribution in [0.4, 0.5) is 4.39 Å². The molecule has 19 heavy (non-hydrogen) atoms. The summed E-state index contributed by atoms with van der Waals surface area (Å²) >= 11 is 0. The molecule has 4 nitrogen and oxygen atoms in total. The highest BCUT2D eigenvalue weighted by Gasteiger charge is 2.23. The molecule has 5 heteroatoms. The number of carbonyl (C=O) groups excluding carboxylic acids is 1. The maximum Gasteiger partial charge on any atom is 0.255 e. The number of phenolic OH excluding ortho intramolecular Hbond substituents is 1. The number of nitrogens with one attached hydrogen (secondary N) is 1. The van der Waals surface area contributed by atoms with Crippen LogP contribution in [0.2, 0.25) is 0 Å². The molecule has 0 spiro atoms. The fourth-order valence-electron chi connectivity index (χ4n) is 2.49. The van der Waals surface area contributed by atoms with E-state index in [1.807, 2.05) is 0 Å². The second-order valence-corrected chi connectivity index (χ2v) is 4.98. The molecule has 0 aromatic heterocycles. The molecule has 0 heterocycles. The number of rotatable bonds is 4. The van der Waals surface area contributed by atoms with Crippen molar-refractivity contribution in [2.24, 2.45) is 5.92 Å². The zero-order valence-corrected chi connectivity index (χ0v) is 10.6. The lowest BCUT2D eigenvalue weighted by atomic mass is 10.0. The Morgan fingerprint density at radius 1 is 1.42 bits per heavy atom. The van der Waals surface area contributed by atoms with Crippen LogP contribution in [0.1, 0.15) is 36.0 Å². The molecule has 1 aliphatic carbocycles. The standard InChI is InChI=1S/C14H18FNO3/c15-10-5-6-12(17)11(7-10)14(19)16-8-13(18)9-3-1-2-4-9/h5-7,9,13,17-18H,1-4,8H2,(H,16,19). The Labute approximate surface area is 111 Å². The van der Waals surface area contributed by atoms with Crippen molar-refractivity contribution in [3.05, 3.63) is 29.6 Å². The number of aliphatic hydroxyl groups excluding tert-OH is 1. The van der Waals surface area contributed by atoms with Gasteiger partial charge in [-0.2, -0.15) is 0 Å². The Kier molecular flexibility index (Phi) is 4.37. The van der Waals surface area contributed by atoms with Gasteiger partial charge in [-0.3, -0.25) is 4.79 Å². The van der Waals surface area contributed by atoms with Gasteiger partial charge < -0.3 is 15.5 Å². The molecular weight excluding hydrogens is 249 g/mol. The Morgan fingerprint density at radius 2 is 2.11 bits per heavy atom. The van der Waals surface area contributed by atoms with Gasteiger partial charge in [-0.25, -0.2) is 4.39 Å². The molecule has 1 aromatic rings. The third-order valence-corrected chi connectivity index (χ3v) is 3.62. The second kappa shape index (κ2) is 6.02. The minimum atomic E-state index is -0.584. The van der Waals surface area contributed by atoms with Gasteiger partial charge in [0.25, 0.3) is 5.91 Å². The van der Waals surface area contributed by atoms with Crippen LogP contribution in [-0.2, 0) is 0 Å². The number of amides is 1. The monoisotopic (exact) mass is 267 g/mol. The summed E-state index contributed by atoms with van der Waals surface area (Å²) in [6.45, 7) is 0.124. The molecular formula is C14H18FNO3. The van der Waals surface area contributed by atoms with E-state index in [0.29, 0.717) is 0 Å². The maximum atomic E-state index is 13.0. The average Bonchev–Trinajstić information content (AvgIpc) is 2.92. The van der Waals surface area contributed by atoms with Gasteiger partial charge >= 0.3 is 0 Å². The largest absolute Gasteiger partial charge is 0.507 e. The van der Waals surface area contributed by atoms with Gasteiger partial charge in [0.2, 0.25) is 0 Å². The summed E-state index contributed by atoms with van der Waals surface area (Å²) in [5.74, 6) is -1.20. The molecule has 3 N–H and O–H groups in total. The zero-order chi connectivity index (χ0) is 13.8. The fraction of sp³-hybridized carbons (Fsp3) is 0.500. The zero-order valence-electron chi connectivity index (χ0n) is 10.6. The number of hydrogen-bond acceptors (Lipinski definition) is 3. The topological polar surface area (TPSA) is 69.6 Å². The Morgan fingerprint density at radius 3 is 2.79 bits per heavy atom. The number of halogens is 1. The molecule has 0 aliphatic heterocycles. The van der Waals surface area contributed by atoms with Gasteiger partial charge in [0.05, 0.1) is 11.7 Å². The van der Waals surface area contributed by atoms with Crippen LogP contribution in [0.3, 0.4) is 0 Å². The molecule has 1 fully saturated rings. The first-order valence-corrected chi connectivity index (χ1v) is 6.52. The molecule has 1 aromatic carbocycles. The fourth-order valence-corrected chi connectivity index (χ4v) is 2.49. The van der Waals surface area contributed by atoms with Crippen molar-refractivity contribution in [3.8, 4) is 5.75 Å². The normalized spacial score (nSPS) is 17.4. The van der Waals surface area contributed by atoms with Crippen LogP contribution in [-0.4, -0.2) is 28.8 Å². The Balaban J connectivity index is 1.91. The van der Waals surface area contributed by atoms with E-state index in [-0.39, 0.29) is 23.8 Å². The molecule has 2 rings (SSSR count). The van der Waals surface area contributed by atoms with Crippen LogP contribution in [0.25, 0.3) is 0 Å². The highest BCUT2D eigenvalue weighted by atomic mass is 19.1. The van der Waals surface area contributed by atoms with Crippen molar-refractivity contribution in [2.45, 2.75) is 31.8 Å². The summed E-state index contributed by atoms with van der Waals surface area (Å²) in [7, 11) is 0. The molecule has 0 bridgehead atoms. The first-order chi connectivity index (χ1) is 9.08. The highest BCUT2D eigenvalue weighted by molar-refractivity contribution is 5.96. The van der Waals surface area contributed by atoms with Gasteiger partial charge in [-0.05, 0) is 37.0 Å². The maximum absolute atomic E-state index is 13.0. The smallest absolute Gasteiger partial charge is 0.255 e. The van der Waals surface area contributed by atoms with Crippen LogP contribution in [0.5, 0.6) is 5.75 Å². The molecule has 1 saturated carbocycles. The van der Waals surface area contributed by atoms with Gasteiger partial charge in [0.15, 0.2) is 0 Å². The van der Waals surface area contributed by atoms with E-state index >= 15 is 0 Å². The third-order valence-electron chi connectivity index (χ3n) is 3.62. The summed E-state index contributed by atoms with van der Waals surface area (Å²) < 4.78 is 13.0. The van der Waals surface area contributed by atoms with Gasteiger partial charge in [-0.15, -0.1) is 0 Å². The Bertz CT molecular complexity index is 458. The predicted octanol–water partition coefficient (Wildman–Crippen LogP) is 1.81. The molecule has 1 amide bonds. The van der Waals surface area contributed by atoms with Crippen molar-refractivity contribution < 1.29 is 19.4 Å². The summed E-state index contributed by atoms with van der Waals surface area (Å²) in [4.78, 5) is 11.8. The van der Waals surface area contributed by atoms with Crippen LogP contribution in [0, 0.1) is 11.7 Å². The van der Waals surface area contributed by atoms with E-state index in [9.17, 15) is 19.4 Å². The quantitative estimate of drug-likeness (QED) is 0.779. The number of phenols is 1. The van der Waals surface area contributed by atoms with Crippen molar-refractivity contribution >= 4 is 5.91 Å². The van der Waals surface area contributed by atoms with Crippen LogP contribution < -0.4 is 5.32 Å². The van der Waals surface area contributed by atoms with E-state index < -0.39 is 17.8 Å². The lowest BCUT2D eigenvalue weighted by molar-refractivity contribution is 0.0838. The van der Waals surface area contributed by atoms with Gasteiger partial charge in [-0.1, -0.05) is 12.8 Å². The molecule has 104 valence electrons. The van der Waals surface area contributed by atoms with Crippen molar-refractivity contribution in [3.63, 3.8) is 0 Å². The van der Waals surface area contributed by atoms with Crippen molar-refractivity contribution in [1.29, 1.82) is 0 Å². The SMILES string of the molecule is O=C(NCC(O)C1CCCC1)c1cc(F)ccc1O. The van der Waals surface area contributed by atoms with E-state index in [1.54, 1.807) is 0 Å². The molecule has 1 unspecified atom stereocenters. The van der Waals surface area contributed by atoms with Crippen LogP contribution in [0.15, 0.2) is 18.2 Å². The predicted molar refractivity (Wildman–Crippen MR) is 68.4 cm³/mol. The van der Waals surface area contributed by atoms with Crippen molar-refractivity contribution in [2.75, 3.05) is 6.54 Å².